The number of carbonyl (C=O) groups excluding carboxylic acids is 2. The van der Waals surface area contributed by atoms with E-state index in [-0.39, 0.29) is 11.1 Å². The number of amides is 2. The van der Waals surface area contributed by atoms with Crippen molar-refractivity contribution >= 4 is 11.8 Å². The van der Waals surface area contributed by atoms with Crippen LogP contribution in [0.25, 0.3) is 22.5 Å². The molecule has 3 heterocycles. The lowest BCUT2D eigenvalue weighted by molar-refractivity contribution is 0.0848. The second-order valence-electron chi connectivity index (χ2n) is 7.31. The second kappa shape index (κ2) is 9.25. The van der Waals surface area contributed by atoms with Crippen LogP contribution in [0.1, 0.15) is 20.7 Å². The van der Waals surface area contributed by atoms with Crippen molar-refractivity contribution in [3.05, 3.63) is 121 Å². The van der Waals surface area contributed by atoms with Gasteiger partial charge in [0.15, 0.2) is 0 Å². The molecule has 0 atom stereocenters. The third-order valence-corrected chi connectivity index (χ3v) is 5.14. The highest BCUT2D eigenvalue weighted by atomic mass is 16.2. The molecule has 2 amide bonds. The molecule has 34 heavy (non-hydrogen) atoms. The summed E-state index contributed by atoms with van der Waals surface area (Å²) in [5, 5.41) is 9.61. The van der Waals surface area contributed by atoms with E-state index in [1.165, 1.54) is 17.2 Å². The Balaban J connectivity index is 1.74. The van der Waals surface area contributed by atoms with Crippen molar-refractivity contribution in [3.63, 3.8) is 0 Å². The number of rotatable bonds is 5. The van der Waals surface area contributed by atoms with E-state index >= 15 is 0 Å². The summed E-state index contributed by atoms with van der Waals surface area (Å²) >= 11 is 0. The number of nitrogens with zero attached hydrogens (tertiary/aromatic N) is 6. The molecule has 0 saturated carbocycles. The van der Waals surface area contributed by atoms with E-state index in [2.05, 4.69) is 20.3 Å². The molecule has 0 saturated heterocycles. The van der Waals surface area contributed by atoms with Gasteiger partial charge in [-0.2, -0.15) is 5.01 Å². The zero-order valence-corrected chi connectivity index (χ0v) is 17.9. The quantitative estimate of drug-likeness (QED) is 0.379. The summed E-state index contributed by atoms with van der Waals surface area (Å²) in [4.78, 5) is 36.6. The third kappa shape index (κ3) is 3.95. The first-order chi connectivity index (χ1) is 16.7. The van der Waals surface area contributed by atoms with Gasteiger partial charge in [-0.1, -0.05) is 60.7 Å². The second-order valence-corrected chi connectivity index (χ2v) is 7.31. The van der Waals surface area contributed by atoms with Gasteiger partial charge in [0.05, 0.1) is 11.1 Å². The lowest BCUT2D eigenvalue weighted by Crippen LogP contribution is -2.46. The summed E-state index contributed by atoms with van der Waals surface area (Å²) in [5.74, 6) is -1.19. The molecule has 0 bridgehead atoms. The van der Waals surface area contributed by atoms with Crippen molar-refractivity contribution in [3.8, 4) is 22.5 Å². The highest BCUT2D eigenvalue weighted by Gasteiger charge is 2.31. The minimum atomic E-state index is -0.594. The molecular formula is C26H18N6O2. The summed E-state index contributed by atoms with van der Waals surface area (Å²) in [6.45, 7) is 0. The molecule has 5 aromatic rings. The SMILES string of the molecule is O=C(c1cccnc1)N(C(=O)c1cccnc1)n1nnc(-c2ccccc2)c1-c1ccccc1. The molecule has 0 aliphatic heterocycles. The number of hydrogen-bond acceptors (Lipinski definition) is 6. The molecular weight excluding hydrogens is 428 g/mol. The van der Waals surface area contributed by atoms with Crippen molar-refractivity contribution in [1.82, 2.24) is 25.1 Å². The number of pyridine rings is 2. The Kier molecular flexibility index (Phi) is 5.69. The number of benzene rings is 2. The van der Waals surface area contributed by atoms with Crippen molar-refractivity contribution in [2.45, 2.75) is 0 Å². The lowest BCUT2D eigenvalue weighted by atomic mass is 10.1. The van der Waals surface area contributed by atoms with Gasteiger partial charge >= 0.3 is 0 Å². The molecule has 8 heteroatoms. The Morgan fingerprint density at radius 1 is 0.647 bits per heavy atom. The molecule has 0 aliphatic carbocycles. The fourth-order valence-electron chi connectivity index (χ4n) is 3.54. The van der Waals surface area contributed by atoms with Crippen LogP contribution >= 0.6 is 0 Å². The zero-order valence-electron chi connectivity index (χ0n) is 17.9. The zero-order chi connectivity index (χ0) is 23.3. The number of hydrogen-bond donors (Lipinski definition) is 0. The van der Waals surface area contributed by atoms with Crippen molar-refractivity contribution < 1.29 is 9.59 Å². The van der Waals surface area contributed by atoms with Gasteiger partial charge in [-0.3, -0.25) is 19.6 Å². The van der Waals surface area contributed by atoms with Crippen molar-refractivity contribution in [1.29, 1.82) is 0 Å². The summed E-state index contributed by atoms with van der Waals surface area (Å²) in [6.07, 6.45) is 5.93. The van der Waals surface area contributed by atoms with E-state index < -0.39 is 11.8 Å². The summed E-state index contributed by atoms with van der Waals surface area (Å²) in [6, 6.07) is 25.3. The fourth-order valence-corrected chi connectivity index (χ4v) is 3.54. The Morgan fingerprint density at radius 2 is 1.18 bits per heavy atom. The van der Waals surface area contributed by atoms with Crippen LogP contribution in [0.5, 0.6) is 0 Å². The molecule has 2 aromatic carbocycles. The highest BCUT2D eigenvalue weighted by molar-refractivity contribution is 6.21. The average Bonchev–Trinajstić information content (AvgIpc) is 3.35. The lowest BCUT2D eigenvalue weighted by Gasteiger charge is -2.22. The first-order valence-electron chi connectivity index (χ1n) is 10.5. The van der Waals surface area contributed by atoms with Crippen molar-refractivity contribution in [2.24, 2.45) is 0 Å². The molecule has 164 valence electrons. The molecule has 0 radical (unpaired) electrons. The molecule has 8 nitrogen and oxygen atoms in total. The van der Waals surface area contributed by atoms with Crippen molar-refractivity contribution in [2.75, 3.05) is 5.01 Å². The minimum Gasteiger partial charge on any atom is -0.267 e. The van der Waals surface area contributed by atoms with E-state index in [0.717, 1.165) is 16.1 Å². The Bertz CT molecular complexity index is 1370. The van der Waals surface area contributed by atoms with E-state index in [1.54, 1.807) is 36.7 Å². The average molecular weight is 446 g/mol. The molecule has 3 aromatic heterocycles. The Labute approximate surface area is 195 Å². The first-order valence-corrected chi connectivity index (χ1v) is 10.5. The summed E-state index contributed by atoms with van der Waals surface area (Å²) in [5.41, 5.74) is 3.05. The minimum absolute atomic E-state index is 0.232. The van der Waals surface area contributed by atoms with Gasteiger partial charge in [-0.15, -0.1) is 9.89 Å². The largest absolute Gasteiger partial charge is 0.283 e. The van der Waals surface area contributed by atoms with Crippen LogP contribution in [0.2, 0.25) is 0 Å². The van der Waals surface area contributed by atoms with Crippen LogP contribution < -0.4 is 5.01 Å². The smallest absolute Gasteiger partial charge is 0.267 e. The topological polar surface area (TPSA) is 93.9 Å². The van der Waals surface area contributed by atoms with Crippen LogP contribution in [0, 0.1) is 0 Å². The van der Waals surface area contributed by atoms with Gasteiger partial charge in [0.1, 0.15) is 11.4 Å². The van der Waals surface area contributed by atoms with Crippen LogP contribution in [-0.4, -0.2) is 36.9 Å². The predicted molar refractivity (Wildman–Crippen MR) is 126 cm³/mol. The monoisotopic (exact) mass is 446 g/mol. The normalized spacial score (nSPS) is 10.6. The van der Waals surface area contributed by atoms with Gasteiger partial charge in [-0.25, -0.2) is 0 Å². The Hall–Kier alpha value is -4.98. The van der Waals surface area contributed by atoms with Gasteiger partial charge in [0.25, 0.3) is 11.8 Å². The maximum atomic E-state index is 13.6. The van der Waals surface area contributed by atoms with Crippen LogP contribution in [0.15, 0.2) is 110 Å². The number of carbonyl (C=O) groups is 2. The van der Waals surface area contributed by atoms with Gasteiger partial charge in [0, 0.05) is 35.9 Å². The Morgan fingerprint density at radius 3 is 1.68 bits per heavy atom. The van der Waals surface area contributed by atoms with E-state index in [1.807, 2.05) is 60.7 Å². The van der Waals surface area contributed by atoms with Crippen LogP contribution in [-0.2, 0) is 0 Å². The standard InChI is InChI=1S/C26H18N6O2/c33-25(21-13-7-15-27-17-21)31(26(34)22-14-8-16-28-18-22)32-24(20-11-5-2-6-12-20)23(29-30-32)19-9-3-1-4-10-19/h1-18H. The molecule has 0 N–H and O–H groups in total. The van der Waals surface area contributed by atoms with Gasteiger partial charge in [-0.05, 0) is 29.5 Å². The van der Waals surface area contributed by atoms with Crippen LogP contribution in [0.4, 0.5) is 0 Å². The van der Waals surface area contributed by atoms with E-state index in [4.69, 9.17) is 0 Å². The number of imide groups is 1. The maximum Gasteiger partial charge on any atom is 0.283 e. The molecule has 0 spiro atoms. The number of aromatic nitrogens is 5. The van der Waals surface area contributed by atoms with E-state index in [9.17, 15) is 9.59 Å². The summed E-state index contributed by atoms with van der Waals surface area (Å²) in [7, 11) is 0. The first kappa shape index (κ1) is 20.9. The fraction of sp³-hybridized carbons (Fsp3) is 0. The van der Waals surface area contributed by atoms with Gasteiger partial charge < -0.3 is 0 Å². The van der Waals surface area contributed by atoms with Gasteiger partial charge in [0.2, 0.25) is 0 Å². The molecule has 0 fully saturated rings. The van der Waals surface area contributed by atoms with Crippen LogP contribution in [0.3, 0.4) is 0 Å². The predicted octanol–water partition coefficient (Wildman–Crippen LogP) is 4.02. The highest BCUT2D eigenvalue weighted by Crippen LogP contribution is 2.30. The molecule has 5 rings (SSSR count). The molecule has 0 unspecified atom stereocenters. The summed E-state index contributed by atoms with van der Waals surface area (Å²) < 4.78 is 0. The maximum absolute atomic E-state index is 13.6. The third-order valence-electron chi connectivity index (χ3n) is 5.14. The molecule has 0 aliphatic rings. The van der Waals surface area contributed by atoms with E-state index in [0.29, 0.717) is 11.4 Å².